The van der Waals surface area contributed by atoms with Crippen LogP contribution >= 0.6 is 0 Å². The van der Waals surface area contributed by atoms with Crippen LogP contribution < -0.4 is 15.0 Å². The number of carbonyl (C=O) groups excluding carboxylic acids is 1. The fourth-order valence-corrected chi connectivity index (χ4v) is 5.35. The molecular formula is C25H27N3O4S. The third-order valence-electron chi connectivity index (χ3n) is 5.70. The van der Waals surface area contributed by atoms with E-state index in [1.165, 1.54) is 23.5 Å². The number of nitrogens with one attached hydrogen (secondary N) is 1. The molecule has 1 aliphatic heterocycles. The zero-order chi connectivity index (χ0) is 23.4. The minimum Gasteiger partial charge on any atom is -0.495 e. The summed E-state index contributed by atoms with van der Waals surface area (Å²) < 4.78 is 33.3. The largest absolute Gasteiger partial charge is 0.495 e. The Morgan fingerprint density at radius 3 is 2.33 bits per heavy atom. The highest BCUT2D eigenvalue weighted by atomic mass is 32.2. The number of hydrogen-bond acceptors (Lipinski definition) is 5. The Bertz CT molecular complexity index is 1240. The summed E-state index contributed by atoms with van der Waals surface area (Å²) in [7, 11) is -2.18. The predicted octanol–water partition coefficient (Wildman–Crippen LogP) is 3.77. The van der Waals surface area contributed by atoms with Gasteiger partial charge in [0.15, 0.2) is 0 Å². The molecule has 33 heavy (non-hydrogen) atoms. The molecule has 0 spiro atoms. The van der Waals surface area contributed by atoms with E-state index in [0.717, 1.165) is 11.3 Å². The van der Waals surface area contributed by atoms with Crippen LogP contribution in [0.3, 0.4) is 0 Å². The normalized spacial score (nSPS) is 14.7. The van der Waals surface area contributed by atoms with Crippen molar-refractivity contribution in [1.29, 1.82) is 0 Å². The van der Waals surface area contributed by atoms with Crippen LogP contribution in [0.5, 0.6) is 5.75 Å². The van der Waals surface area contributed by atoms with Crippen LogP contribution in [-0.4, -0.2) is 51.9 Å². The number of carbonyl (C=O) groups is 1. The smallest absolute Gasteiger partial charge is 0.255 e. The van der Waals surface area contributed by atoms with Crippen LogP contribution in [0.4, 0.5) is 11.4 Å². The molecule has 1 saturated heterocycles. The van der Waals surface area contributed by atoms with E-state index in [9.17, 15) is 13.2 Å². The van der Waals surface area contributed by atoms with Crippen LogP contribution in [0.25, 0.3) is 0 Å². The van der Waals surface area contributed by atoms with Crippen molar-refractivity contribution in [3.8, 4) is 5.75 Å². The van der Waals surface area contributed by atoms with Gasteiger partial charge in [-0.2, -0.15) is 4.31 Å². The van der Waals surface area contributed by atoms with Crippen LogP contribution in [0.1, 0.15) is 15.9 Å². The topological polar surface area (TPSA) is 78.9 Å². The van der Waals surface area contributed by atoms with Gasteiger partial charge >= 0.3 is 0 Å². The Kier molecular flexibility index (Phi) is 6.67. The average Bonchev–Trinajstić information content (AvgIpc) is 2.85. The first-order valence-corrected chi connectivity index (χ1v) is 12.2. The van der Waals surface area contributed by atoms with Crippen molar-refractivity contribution in [3.63, 3.8) is 0 Å². The van der Waals surface area contributed by atoms with Gasteiger partial charge in [-0.05, 0) is 55.0 Å². The van der Waals surface area contributed by atoms with Crippen molar-refractivity contribution < 1.29 is 17.9 Å². The van der Waals surface area contributed by atoms with Gasteiger partial charge in [0, 0.05) is 37.4 Å². The molecule has 1 aliphatic rings. The molecular weight excluding hydrogens is 438 g/mol. The maximum absolute atomic E-state index is 13.3. The second-order valence-corrected chi connectivity index (χ2v) is 9.85. The molecule has 3 aromatic carbocycles. The molecule has 0 aliphatic carbocycles. The van der Waals surface area contributed by atoms with Gasteiger partial charge in [-0.15, -0.1) is 0 Å². The van der Waals surface area contributed by atoms with Gasteiger partial charge in [-0.1, -0.05) is 30.3 Å². The van der Waals surface area contributed by atoms with Gasteiger partial charge in [0.25, 0.3) is 5.91 Å². The van der Waals surface area contributed by atoms with Crippen LogP contribution in [0, 0.1) is 6.92 Å². The molecule has 0 bridgehead atoms. The number of para-hydroxylation sites is 1. The maximum Gasteiger partial charge on any atom is 0.255 e. The molecule has 8 heteroatoms. The van der Waals surface area contributed by atoms with Gasteiger partial charge in [-0.25, -0.2) is 8.42 Å². The van der Waals surface area contributed by atoms with E-state index < -0.39 is 15.9 Å². The highest BCUT2D eigenvalue weighted by Crippen LogP contribution is 2.26. The van der Waals surface area contributed by atoms with Crippen molar-refractivity contribution in [3.05, 3.63) is 83.9 Å². The summed E-state index contributed by atoms with van der Waals surface area (Å²) in [6, 6.07) is 21.6. The van der Waals surface area contributed by atoms with Gasteiger partial charge in [-0.3, -0.25) is 4.79 Å². The van der Waals surface area contributed by atoms with Gasteiger partial charge < -0.3 is 15.0 Å². The van der Waals surface area contributed by atoms with E-state index in [2.05, 4.69) is 10.2 Å². The molecule has 0 unspecified atom stereocenters. The van der Waals surface area contributed by atoms with E-state index >= 15 is 0 Å². The number of hydrogen-bond donors (Lipinski definition) is 1. The lowest BCUT2D eigenvalue weighted by Gasteiger charge is -2.35. The molecule has 0 atom stereocenters. The molecule has 172 valence electrons. The average molecular weight is 466 g/mol. The van der Waals surface area contributed by atoms with Gasteiger partial charge in [0.05, 0.1) is 17.7 Å². The van der Waals surface area contributed by atoms with Crippen LogP contribution in [0.15, 0.2) is 77.7 Å². The number of rotatable bonds is 6. The highest BCUT2D eigenvalue weighted by molar-refractivity contribution is 7.89. The predicted molar refractivity (Wildman–Crippen MR) is 130 cm³/mol. The zero-order valence-corrected chi connectivity index (χ0v) is 19.5. The maximum atomic E-state index is 13.3. The Morgan fingerprint density at radius 1 is 0.909 bits per heavy atom. The summed E-state index contributed by atoms with van der Waals surface area (Å²) in [6.45, 7) is 3.90. The summed E-state index contributed by atoms with van der Waals surface area (Å²) in [6.07, 6.45) is 0. The van der Waals surface area contributed by atoms with E-state index in [1.54, 1.807) is 18.2 Å². The van der Waals surface area contributed by atoms with E-state index in [1.807, 2.05) is 49.4 Å². The molecule has 1 amide bonds. The molecule has 1 fully saturated rings. The first-order chi connectivity index (χ1) is 15.9. The Labute approximate surface area is 194 Å². The first kappa shape index (κ1) is 22.8. The van der Waals surface area contributed by atoms with Crippen LogP contribution in [-0.2, 0) is 10.0 Å². The second kappa shape index (κ2) is 9.64. The Morgan fingerprint density at radius 2 is 1.64 bits per heavy atom. The number of anilines is 2. The number of nitrogens with zero attached hydrogens (tertiary/aromatic N) is 2. The second-order valence-electron chi connectivity index (χ2n) is 7.91. The lowest BCUT2D eigenvalue weighted by Crippen LogP contribution is -2.48. The number of methoxy groups -OCH3 is 1. The summed E-state index contributed by atoms with van der Waals surface area (Å²) in [5.74, 6) is 0.138. The van der Waals surface area contributed by atoms with Crippen molar-refractivity contribution in [2.75, 3.05) is 43.5 Å². The Hall–Kier alpha value is -3.36. The standard InChI is InChI=1S/C25H27N3O4S/c1-19-11-12-24(32-2)23(17-19)26-25(29)20-7-6-10-22(18-20)33(30,31)28-15-13-27(14-16-28)21-8-4-3-5-9-21/h3-12,17-18H,13-16H2,1-2H3,(H,26,29). The molecule has 0 saturated carbocycles. The third-order valence-corrected chi connectivity index (χ3v) is 7.59. The molecule has 0 aromatic heterocycles. The number of ether oxygens (including phenoxy) is 1. The number of amides is 1. The van der Waals surface area contributed by atoms with Gasteiger partial charge in [0.2, 0.25) is 10.0 Å². The molecule has 3 aromatic rings. The lowest BCUT2D eigenvalue weighted by atomic mass is 10.1. The summed E-state index contributed by atoms with van der Waals surface area (Å²) in [5, 5.41) is 2.82. The summed E-state index contributed by atoms with van der Waals surface area (Å²) >= 11 is 0. The number of piperazine rings is 1. The zero-order valence-electron chi connectivity index (χ0n) is 18.7. The lowest BCUT2D eigenvalue weighted by molar-refractivity contribution is 0.102. The number of benzene rings is 3. The quantitative estimate of drug-likeness (QED) is 0.600. The fourth-order valence-electron chi connectivity index (χ4n) is 3.89. The van der Waals surface area contributed by atoms with Crippen LogP contribution in [0.2, 0.25) is 0 Å². The van der Waals surface area contributed by atoms with E-state index in [4.69, 9.17) is 4.74 Å². The summed E-state index contributed by atoms with van der Waals surface area (Å²) in [5.41, 5.74) is 2.85. The summed E-state index contributed by atoms with van der Waals surface area (Å²) in [4.78, 5) is 15.1. The number of sulfonamides is 1. The molecule has 1 N–H and O–H groups in total. The van der Waals surface area contributed by atoms with Crippen molar-refractivity contribution >= 4 is 27.3 Å². The molecule has 4 rings (SSSR count). The monoisotopic (exact) mass is 465 g/mol. The minimum atomic E-state index is -3.71. The van der Waals surface area contributed by atoms with Crippen molar-refractivity contribution in [2.45, 2.75) is 11.8 Å². The molecule has 1 heterocycles. The number of aryl methyl sites for hydroxylation is 1. The van der Waals surface area contributed by atoms with E-state index in [-0.39, 0.29) is 10.5 Å². The fraction of sp³-hybridized carbons (Fsp3) is 0.240. The van der Waals surface area contributed by atoms with E-state index in [0.29, 0.717) is 37.6 Å². The van der Waals surface area contributed by atoms with Crippen molar-refractivity contribution in [2.24, 2.45) is 0 Å². The first-order valence-electron chi connectivity index (χ1n) is 10.7. The molecule has 0 radical (unpaired) electrons. The third kappa shape index (κ3) is 5.02. The highest BCUT2D eigenvalue weighted by Gasteiger charge is 2.29. The minimum absolute atomic E-state index is 0.111. The van der Waals surface area contributed by atoms with Crippen molar-refractivity contribution in [1.82, 2.24) is 4.31 Å². The molecule has 7 nitrogen and oxygen atoms in total. The SMILES string of the molecule is COc1ccc(C)cc1NC(=O)c1cccc(S(=O)(=O)N2CCN(c3ccccc3)CC2)c1. The Balaban J connectivity index is 1.49. The van der Waals surface area contributed by atoms with Gasteiger partial charge in [0.1, 0.15) is 5.75 Å².